The Bertz CT molecular complexity index is 1370. The highest BCUT2D eigenvalue weighted by Crippen LogP contribution is 2.26. The highest BCUT2D eigenvalue weighted by molar-refractivity contribution is 5.97. The molecule has 172 valence electrons. The maximum absolute atomic E-state index is 13.0. The van der Waals surface area contributed by atoms with Gasteiger partial charge in [0.1, 0.15) is 17.4 Å². The number of alkyl halides is 3. The van der Waals surface area contributed by atoms with Gasteiger partial charge in [-0.25, -0.2) is 4.79 Å². The lowest BCUT2D eigenvalue weighted by Crippen LogP contribution is -2.42. The first-order valence-corrected chi connectivity index (χ1v) is 9.79. The molecular weight excluding hydrogens is 441 g/mol. The van der Waals surface area contributed by atoms with Crippen LogP contribution < -0.4 is 16.0 Å². The van der Waals surface area contributed by atoms with Crippen molar-refractivity contribution in [1.29, 1.82) is 5.26 Å². The summed E-state index contributed by atoms with van der Waals surface area (Å²) in [5, 5.41) is 9.16. The molecule has 3 aromatic rings. The zero-order chi connectivity index (χ0) is 24.5. The van der Waals surface area contributed by atoms with Crippen molar-refractivity contribution in [3.8, 4) is 17.5 Å². The number of ketones is 1. The highest BCUT2D eigenvalue weighted by atomic mass is 19.4. The van der Waals surface area contributed by atoms with E-state index in [1.54, 1.807) is 37.5 Å². The molecule has 33 heavy (non-hydrogen) atoms. The fourth-order valence-electron chi connectivity index (χ4n) is 3.56. The Morgan fingerprint density at radius 2 is 1.79 bits per heavy atom. The first-order chi connectivity index (χ1) is 15.5. The number of Topliss-reactive ketones (excluding diaryl/α,β-unsaturated/α-hetero) is 1. The number of aryl methyl sites for hydroxylation is 2. The van der Waals surface area contributed by atoms with Crippen LogP contribution in [-0.2, 0) is 13.1 Å². The second-order valence-corrected chi connectivity index (χ2v) is 7.20. The van der Waals surface area contributed by atoms with E-state index in [9.17, 15) is 27.6 Å². The van der Waals surface area contributed by atoms with Gasteiger partial charge >= 0.3 is 12.1 Å². The summed E-state index contributed by atoms with van der Waals surface area (Å²) in [7, 11) is 0. The fourth-order valence-corrected chi connectivity index (χ4v) is 3.56. The molecule has 0 radical (unpaired) electrons. The highest BCUT2D eigenvalue weighted by Gasteiger charge is 2.31. The number of ether oxygens (including phenoxy) is 1. The van der Waals surface area contributed by atoms with Crippen molar-refractivity contribution in [3.05, 3.63) is 79.9 Å². The lowest BCUT2D eigenvalue weighted by Gasteiger charge is -2.13. The standard InChI is InChI=1S/C22H19F3N4O4/c1-4-27-11-15(10-26)20(31)28(21(27)32)12-19(30)18-9-13(2)29(14(18)3)16-5-7-17(8-6-16)33-22(23,24)25/h5-9,11H,4,12H2,1-3H3. The van der Waals surface area contributed by atoms with Crippen LogP contribution in [0.15, 0.2) is 46.1 Å². The molecule has 0 N–H and O–H groups in total. The van der Waals surface area contributed by atoms with E-state index >= 15 is 0 Å². The van der Waals surface area contributed by atoms with E-state index in [1.165, 1.54) is 16.7 Å². The van der Waals surface area contributed by atoms with E-state index in [1.807, 2.05) is 0 Å². The van der Waals surface area contributed by atoms with Gasteiger partial charge in [0.05, 0.1) is 6.54 Å². The molecule has 0 atom stereocenters. The van der Waals surface area contributed by atoms with Gasteiger partial charge in [0.2, 0.25) is 0 Å². The summed E-state index contributed by atoms with van der Waals surface area (Å²) >= 11 is 0. The molecule has 1 aromatic carbocycles. The number of rotatable bonds is 6. The summed E-state index contributed by atoms with van der Waals surface area (Å²) in [6.45, 7) is 4.66. The van der Waals surface area contributed by atoms with Crippen LogP contribution in [0.5, 0.6) is 5.75 Å². The third-order valence-corrected chi connectivity index (χ3v) is 5.06. The van der Waals surface area contributed by atoms with Gasteiger partial charge in [0.25, 0.3) is 5.56 Å². The van der Waals surface area contributed by atoms with Crippen molar-refractivity contribution in [2.75, 3.05) is 0 Å². The van der Waals surface area contributed by atoms with Crippen molar-refractivity contribution >= 4 is 5.78 Å². The number of hydrogen-bond donors (Lipinski definition) is 0. The maximum Gasteiger partial charge on any atom is 0.573 e. The minimum absolute atomic E-state index is 0.213. The molecule has 11 heteroatoms. The lowest BCUT2D eigenvalue weighted by molar-refractivity contribution is -0.274. The quantitative estimate of drug-likeness (QED) is 0.527. The molecule has 0 unspecified atom stereocenters. The molecular formula is C22H19F3N4O4. The predicted molar refractivity (Wildman–Crippen MR) is 112 cm³/mol. The molecule has 2 aromatic heterocycles. The molecule has 0 aliphatic heterocycles. The van der Waals surface area contributed by atoms with Gasteiger partial charge in [-0.1, -0.05) is 0 Å². The van der Waals surface area contributed by atoms with Crippen LogP contribution in [0.2, 0.25) is 0 Å². The van der Waals surface area contributed by atoms with Gasteiger partial charge in [0, 0.05) is 35.4 Å². The topological polar surface area (TPSA) is 99.0 Å². The Morgan fingerprint density at radius 3 is 2.33 bits per heavy atom. The average Bonchev–Trinajstić information content (AvgIpc) is 3.05. The summed E-state index contributed by atoms with van der Waals surface area (Å²) in [5.74, 6) is -0.905. The first-order valence-electron chi connectivity index (χ1n) is 9.79. The van der Waals surface area contributed by atoms with E-state index in [0.717, 1.165) is 22.9 Å². The monoisotopic (exact) mass is 460 g/mol. The number of carbonyl (C=O) groups is 1. The molecule has 2 heterocycles. The third kappa shape index (κ3) is 4.74. The largest absolute Gasteiger partial charge is 0.573 e. The molecule has 0 fully saturated rings. The molecule has 0 saturated heterocycles. The van der Waals surface area contributed by atoms with Crippen LogP contribution in [0, 0.1) is 25.2 Å². The summed E-state index contributed by atoms with van der Waals surface area (Å²) < 4.78 is 44.6. The zero-order valence-corrected chi connectivity index (χ0v) is 17.9. The Labute approximate surface area is 185 Å². The maximum atomic E-state index is 13.0. The number of benzene rings is 1. The summed E-state index contributed by atoms with van der Waals surface area (Å²) in [6.07, 6.45) is -3.65. The van der Waals surface area contributed by atoms with Crippen molar-refractivity contribution < 1.29 is 22.7 Å². The van der Waals surface area contributed by atoms with E-state index in [2.05, 4.69) is 4.74 Å². The molecule has 0 amide bonds. The van der Waals surface area contributed by atoms with Gasteiger partial charge < -0.3 is 9.30 Å². The SMILES string of the molecule is CCn1cc(C#N)c(=O)n(CC(=O)c2cc(C)n(-c3ccc(OC(F)(F)F)cc3)c2C)c1=O. The van der Waals surface area contributed by atoms with Gasteiger partial charge in [-0.2, -0.15) is 5.26 Å². The van der Waals surface area contributed by atoms with Crippen LogP contribution in [0.1, 0.15) is 34.2 Å². The molecule has 0 aliphatic carbocycles. The number of nitriles is 1. The third-order valence-electron chi connectivity index (χ3n) is 5.06. The number of halogens is 3. The van der Waals surface area contributed by atoms with Crippen molar-refractivity contribution in [3.63, 3.8) is 0 Å². The number of carbonyl (C=O) groups excluding carboxylic acids is 1. The van der Waals surface area contributed by atoms with Gasteiger partial charge in [-0.15, -0.1) is 13.2 Å². The Kier molecular flexibility index (Phi) is 6.30. The van der Waals surface area contributed by atoms with Crippen LogP contribution in [0.3, 0.4) is 0 Å². The number of hydrogen-bond acceptors (Lipinski definition) is 5. The predicted octanol–water partition coefficient (Wildman–Crippen LogP) is 3.09. The minimum Gasteiger partial charge on any atom is -0.406 e. The first kappa shape index (κ1) is 23.6. The molecule has 0 spiro atoms. The van der Waals surface area contributed by atoms with E-state index in [4.69, 9.17) is 5.26 Å². The smallest absolute Gasteiger partial charge is 0.406 e. The van der Waals surface area contributed by atoms with Crippen LogP contribution in [0.25, 0.3) is 5.69 Å². The van der Waals surface area contributed by atoms with E-state index in [0.29, 0.717) is 17.1 Å². The van der Waals surface area contributed by atoms with Crippen molar-refractivity contribution in [2.45, 2.75) is 40.2 Å². The molecule has 0 aliphatic rings. The fraction of sp³-hybridized carbons (Fsp3) is 0.273. The number of aromatic nitrogens is 3. The second-order valence-electron chi connectivity index (χ2n) is 7.20. The van der Waals surface area contributed by atoms with Gasteiger partial charge in [0.15, 0.2) is 5.78 Å². The summed E-state index contributed by atoms with van der Waals surface area (Å²) in [4.78, 5) is 38.0. The molecule has 0 saturated carbocycles. The summed E-state index contributed by atoms with van der Waals surface area (Å²) in [6, 6.07) is 8.43. The summed E-state index contributed by atoms with van der Waals surface area (Å²) in [5.41, 5.74) is 0.0107. The Hall–Kier alpha value is -4.07. The Morgan fingerprint density at radius 1 is 1.15 bits per heavy atom. The molecule has 3 rings (SSSR count). The van der Waals surface area contributed by atoms with Gasteiger partial charge in [-0.3, -0.25) is 18.7 Å². The van der Waals surface area contributed by atoms with Crippen LogP contribution >= 0.6 is 0 Å². The Balaban J connectivity index is 1.97. The molecule has 0 bridgehead atoms. The number of nitrogens with zero attached hydrogens (tertiary/aromatic N) is 4. The van der Waals surface area contributed by atoms with E-state index < -0.39 is 29.9 Å². The minimum atomic E-state index is -4.81. The van der Waals surface area contributed by atoms with Crippen molar-refractivity contribution in [1.82, 2.24) is 13.7 Å². The van der Waals surface area contributed by atoms with Crippen LogP contribution in [0.4, 0.5) is 13.2 Å². The lowest BCUT2D eigenvalue weighted by atomic mass is 10.1. The average molecular weight is 460 g/mol. The normalized spacial score (nSPS) is 11.3. The van der Waals surface area contributed by atoms with Gasteiger partial charge in [-0.05, 0) is 51.1 Å². The van der Waals surface area contributed by atoms with Crippen LogP contribution in [-0.4, -0.2) is 25.8 Å². The zero-order valence-electron chi connectivity index (χ0n) is 17.9. The van der Waals surface area contributed by atoms with E-state index in [-0.39, 0.29) is 23.4 Å². The second kappa shape index (κ2) is 8.82. The molecule has 8 nitrogen and oxygen atoms in total. The van der Waals surface area contributed by atoms with Crippen molar-refractivity contribution in [2.24, 2.45) is 0 Å².